The maximum Gasteiger partial charge on any atom is 0.133 e. The first-order valence-corrected chi connectivity index (χ1v) is 6.52. The van der Waals surface area contributed by atoms with Crippen LogP contribution >= 0.6 is 0 Å². The third-order valence-electron chi connectivity index (χ3n) is 2.60. The summed E-state index contributed by atoms with van der Waals surface area (Å²) in [5.41, 5.74) is 8.37. The molecular formula is C16H22N2O. The van der Waals surface area contributed by atoms with E-state index in [0.29, 0.717) is 18.8 Å². The molecule has 2 N–H and O–H groups in total. The Morgan fingerprint density at radius 2 is 2.26 bits per heavy atom. The van der Waals surface area contributed by atoms with E-state index in [1.165, 1.54) is 0 Å². The highest BCUT2D eigenvalue weighted by molar-refractivity contribution is 5.82. The summed E-state index contributed by atoms with van der Waals surface area (Å²) in [5.74, 6) is 0.762. The van der Waals surface area contributed by atoms with Gasteiger partial charge in [0.15, 0.2) is 0 Å². The fourth-order valence-electron chi connectivity index (χ4n) is 1.51. The van der Waals surface area contributed by atoms with Crippen molar-refractivity contribution in [2.75, 3.05) is 6.61 Å². The van der Waals surface area contributed by atoms with E-state index < -0.39 is 0 Å². The fraction of sp³-hybridized carbons (Fsp3) is 0.312. The molecule has 0 unspecified atom stereocenters. The van der Waals surface area contributed by atoms with E-state index in [-0.39, 0.29) is 0 Å². The topological polar surface area (TPSA) is 47.6 Å². The minimum atomic E-state index is 0.518. The first kappa shape index (κ1) is 15.2. The Hall–Kier alpha value is -1.87. The monoisotopic (exact) mass is 258 g/mol. The highest BCUT2D eigenvalue weighted by Gasteiger charge is 1.98. The summed E-state index contributed by atoms with van der Waals surface area (Å²) in [6, 6.07) is 7.92. The number of nitrogens with two attached hydrogens (primary N) is 1. The third kappa shape index (κ3) is 5.10. The molecule has 1 aromatic carbocycles. The molecule has 0 aromatic heterocycles. The van der Waals surface area contributed by atoms with Crippen molar-refractivity contribution in [1.82, 2.24) is 0 Å². The first-order valence-electron chi connectivity index (χ1n) is 6.52. The van der Waals surface area contributed by atoms with E-state index >= 15 is 0 Å². The van der Waals surface area contributed by atoms with Crippen LogP contribution in [0.1, 0.15) is 31.4 Å². The number of ether oxygens (including phenoxy) is 1. The second-order valence-corrected chi connectivity index (χ2v) is 4.15. The van der Waals surface area contributed by atoms with Crippen molar-refractivity contribution in [2.24, 2.45) is 10.7 Å². The molecule has 1 aromatic rings. The highest BCUT2D eigenvalue weighted by Crippen LogP contribution is 2.15. The zero-order valence-electron chi connectivity index (χ0n) is 11.7. The number of nitrogens with zero attached hydrogens (tertiary/aromatic N) is 1. The number of allylic oxidation sites excluding steroid dienone is 2. The Morgan fingerprint density at radius 3 is 2.89 bits per heavy atom. The molecule has 0 saturated heterocycles. The van der Waals surface area contributed by atoms with E-state index in [2.05, 4.69) is 18.5 Å². The molecule has 0 aliphatic rings. The van der Waals surface area contributed by atoms with Gasteiger partial charge in [-0.05, 0) is 36.6 Å². The van der Waals surface area contributed by atoms with E-state index in [1.54, 1.807) is 6.21 Å². The smallest absolute Gasteiger partial charge is 0.133 e. The van der Waals surface area contributed by atoms with Crippen LogP contribution in [-0.4, -0.2) is 12.8 Å². The molecule has 0 radical (unpaired) electrons. The number of hydrogen-bond donors (Lipinski definition) is 1. The molecule has 0 bridgehead atoms. The van der Waals surface area contributed by atoms with Crippen LogP contribution in [0.3, 0.4) is 0 Å². The Labute approximate surface area is 115 Å². The quantitative estimate of drug-likeness (QED) is 0.601. The van der Waals surface area contributed by atoms with Crippen molar-refractivity contribution in [3.8, 4) is 0 Å². The zero-order valence-corrected chi connectivity index (χ0v) is 11.7. The predicted octanol–water partition coefficient (Wildman–Crippen LogP) is 3.52. The van der Waals surface area contributed by atoms with Gasteiger partial charge in [-0.1, -0.05) is 31.7 Å². The lowest BCUT2D eigenvalue weighted by Gasteiger charge is -2.05. The molecule has 0 heterocycles. The van der Waals surface area contributed by atoms with Crippen LogP contribution in [-0.2, 0) is 11.3 Å². The van der Waals surface area contributed by atoms with Crippen molar-refractivity contribution in [3.05, 3.63) is 53.8 Å². The van der Waals surface area contributed by atoms with Gasteiger partial charge in [0, 0.05) is 6.54 Å². The van der Waals surface area contributed by atoms with Crippen LogP contribution in [0.5, 0.6) is 0 Å². The third-order valence-corrected chi connectivity index (χ3v) is 2.60. The van der Waals surface area contributed by atoms with Gasteiger partial charge in [-0.3, -0.25) is 4.99 Å². The van der Waals surface area contributed by atoms with Gasteiger partial charge in [0.2, 0.25) is 0 Å². The molecule has 102 valence electrons. The van der Waals surface area contributed by atoms with Gasteiger partial charge in [-0.2, -0.15) is 0 Å². The number of aliphatic imine (C=N–C) groups is 1. The fourth-order valence-corrected chi connectivity index (χ4v) is 1.51. The summed E-state index contributed by atoms with van der Waals surface area (Å²) in [7, 11) is 0. The Balaban J connectivity index is 2.72. The number of hydrogen-bond acceptors (Lipinski definition) is 3. The average Bonchev–Trinajstić information content (AvgIpc) is 2.47. The van der Waals surface area contributed by atoms with Crippen molar-refractivity contribution < 1.29 is 4.74 Å². The van der Waals surface area contributed by atoms with Gasteiger partial charge < -0.3 is 10.5 Å². The molecule has 0 spiro atoms. The van der Waals surface area contributed by atoms with Crippen LogP contribution in [0.4, 0.5) is 0 Å². The molecule has 0 saturated carbocycles. The highest BCUT2D eigenvalue weighted by atomic mass is 16.5. The minimum absolute atomic E-state index is 0.518. The lowest BCUT2D eigenvalue weighted by Crippen LogP contribution is -1.97. The van der Waals surface area contributed by atoms with Gasteiger partial charge in [0.1, 0.15) is 5.76 Å². The molecule has 0 aliphatic carbocycles. The van der Waals surface area contributed by atoms with Crippen molar-refractivity contribution in [3.63, 3.8) is 0 Å². The summed E-state index contributed by atoms with van der Waals surface area (Å²) in [5, 5.41) is 0. The lowest BCUT2D eigenvalue weighted by molar-refractivity contribution is 0.232. The minimum Gasteiger partial charge on any atom is -0.492 e. The summed E-state index contributed by atoms with van der Waals surface area (Å²) < 4.78 is 5.52. The van der Waals surface area contributed by atoms with Gasteiger partial charge in [0.05, 0.1) is 18.5 Å². The second kappa shape index (κ2) is 8.27. The van der Waals surface area contributed by atoms with Gasteiger partial charge in [-0.15, -0.1) is 0 Å². The lowest BCUT2D eigenvalue weighted by atomic mass is 10.1. The van der Waals surface area contributed by atoms with Crippen molar-refractivity contribution in [2.45, 2.75) is 26.8 Å². The number of benzene rings is 1. The molecule has 1 rings (SSSR count). The maximum atomic E-state index is 5.62. The van der Waals surface area contributed by atoms with Gasteiger partial charge in [0.25, 0.3) is 0 Å². The van der Waals surface area contributed by atoms with Crippen LogP contribution < -0.4 is 5.73 Å². The molecule has 0 amide bonds. The summed E-state index contributed by atoms with van der Waals surface area (Å²) in [4.78, 5) is 4.34. The molecule has 3 heteroatoms. The average molecular weight is 258 g/mol. The van der Waals surface area contributed by atoms with E-state index in [1.807, 2.05) is 37.3 Å². The summed E-state index contributed by atoms with van der Waals surface area (Å²) in [6.07, 6.45) is 4.57. The Kier molecular flexibility index (Phi) is 6.61. The number of rotatable bonds is 7. The van der Waals surface area contributed by atoms with Crippen molar-refractivity contribution >= 4 is 11.9 Å². The molecular weight excluding hydrogens is 236 g/mol. The van der Waals surface area contributed by atoms with Gasteiger partial charge >= 0.3 is 0 Å². The molecule has 19 heavy (non-hydrogen) atoms. The maximum absolute atomic E-state index is 5.62. The second-order valence-electron chi connectivity index (χ2n) is 4.15. The van der Waals surface area contributed by atoms with Crippen LogP contribution in [0, 0.1) is 0 Å². The van der Waals surface area contributed by atoms with Gasteiger partial charge in [-0.25, -0.2) is 0 Å². The summed E-state index contributed by atoms with van der Waals surface area (Å²) in [6.45, 7) is 9.18. The molecule has 3 nitrogen and oxygen atoms in total. The van der Waals surface area contributed by atoms with Crippen LogP contribution in [0.15, 0.2) is 47.7 Å². The zero-order chi connectivity index (χ0) is 14.1. The Morgan fingerprint density at radius 1 is 1.47 bits per heavy atom. The Bertz CT molecular complexity index is 475. The summed E-state index contributed by atoms with van der Waals surface area (Å²) >= 11 is 0. The normalized spacial score (nSPS) is 11.8. The standard InChI is InChI=1S/C16H22N2O/c1-4-9-19-16(5-2)12-18-13(3)15-8-6-7-14(10-15)11-17/h5-8,10,12H,3-4,9,11,17H2,1-2H3/b16-5+,18-12?. The first-order chi connectivity index (χ1) is 9.21. The van der Waals surface area contributed by atoms with Crippen LogP contribution in [0.2, 0.25) is 0 Å². The molecule has 0 aliphatic heterocycles. The van der Waals surface area contributed by atoms with Crippen LogP contribution in [0.25, 0.3) is 5.70 Å². The molecule has 0 atom stereocenters. The molecule has 0 fully saturated rings. The van der Waals surface area contributed by atoms with E-state index in [9.17, 15) is 0 Å². The SMILES string of the molecule is C=C(N=C/C(=C\C)OCCC)c1cccc(CN)c1. The van der Waals surface area contributed by atoms with Crippen molar-refractivity contribution in [1.29, 1.82) is 0 Å². The van der Waals surface area contributed by atoms with E-state index in [0.717, 1.165) is 23.3 Å². The predicted molar refractivity (Wildman–Crippen MR) is 81.9 cm³/mol. The largest absolute Gasteiger partial charge is 0.492 e. The van der Waals surface area contributed by atoms with E-state index in [4.69, 9.17) is 10.5 Å².